The molecule has 5 saturated carbocycles. The lowest BCUT2D eigenvalue weighted by molar-refractivity contribution is -0.136. The Hall–Kier alpha value is -2.73. The standard InChI is InChI=1S/C28H30FNO4/c29-23-7-2-1-6-21(23)26(31)17-8-9-22(24(12-17)34-20-4-3-5-20)27(32)30-25-18-10-16-11-19(25)15-28(33,13-16)14-18/h1-2,6-9,12,16,18-20,25,33H,3-5,10-11,13-15H2,(H,30,32)/t16?,18?,19?,25-,28-. The highest BCUT2D eigenvalue weighted by Gasteiger charge is 2.55. The molecule has 178 valence electrons. The van der Waals surface area contributed by atoms with Crippen LogP contribution < -0.4 is 10.1 Å². The van der Waals surface area contributed by atoms with E-state index in [4.69, 9.17) is 4.74 Å². The van der Waals surface area contributed by atoms with Crippen LogP contribution in [-0.4, -0.2) is 34.5 Å². The summed E-state index contributed by atoms with van der Waals surface area (Å²) in [7, 11) is 0. The first-order valence-corrected chi connectivity index (χ1v) is 12.5. The van der Waals surface area contributed by atoms with Gasteiger partial charge in [-0.3, -0.25) is 9.59 Å². The summed E-state index contributed by atoms with van der Waals surface area (Å²) in [6.07, 6.45) is 7.47. The van der Waals surface area contributed by atoms with E-state index in [0.29, 0.717) is 34.6 Å². The minimum Gasteiger partial charge on any atom is -0.490 e. The zero-order chi connectivity index (χ0) is 23.4. The predicted molar refractivity (Wildman–Crippen MR) is 124 cm³/mol. The van der Waals surface area contributed by atoms with Crippen molar-refractivity contribution in [2.45, 2.75) is 69.1 Å². The first kappa shape index (κ1) is 21.8. The van der Waals surface area contributed by atoms with Gasteiger partial charge < -0.3 is 15.2 Å². The molecular formula is C28H30FNO4. The van der Waals surface area contributed by atoms with E-state index in [1.165, 1.54) is 12.1 Å². The van der Waals surface area contributed by atoms with Gasteiger partial charge in [-0.25, -0.2) is 4.39 Å². The van der Waals surface area contributed by atoms with Crippen LogP contribution in [-0.2, 0) is 0 Å². The Morgan fingerprint density at radius 2 is 1.74 bits per heavy atom. The highest BCUT2D eigenvalue weighted by molar-refractivity contribution is 6.10. The zero-order valence-electron chi connectivity index (χ0n) is 19.1. The van der Waals surface area contributed by atoms with E-state index >= 15 is 0 Å². The molecule has 0 aromatic heterocycles. The second-order valence-corrected chi connectivity index (χ2v) is 10.9. The van der Waals surface area contributed by atoms with Gasteiger partial charge in [-0.15, -0.1) is 0 Å². The number of benzene rings is 2. The molecule has 5 nitrogen and oxygen atoms in total. The van der Waals surface area contributed by atoms with E-state index in [1.807, 2.05) is 0 Å². The van der Waals surface area contributed by atoms with Gasteiger partial charge in [0.25, 0.3) is 5.91 Å². The Morgan fingerprint density at radius 3 is 2.38 bits per heavy atom. The van der Waals surface area contributed by atoms with Gasteiger partial charge in [0.1, 0.15) is 11.6 Å². The SMILES string of the molecule is O=C(c1ccc(C(=O)N[C@H]2C3CC4CC2C[C@](O)(C4)C3)c(OC2CCC2)c1)c1ccccc1F. The van der Waals surface area contributed by atoms with Gasteiger partial charge >= 0.3 is 0 Å². The van der Waals surface area contributed by atoms with Crippen molar-refractivity contribution in [3.05, 3.63) is 65.0 Å². The molecule has 6 heteroatoms. The topological polar surface area (TPSA) is 75.6 Å². The first-order chi connectivity index (χ1) is 16.4. The third kappa shape index (κ3) is 3.82. The molecule has 5 aliphatic carbocycles. The number of amides is 1. The van der Waals surface area contributed by atoms with Crippen LogP contribution in [0.4, 0.5) is 4.39 Å². The van der Waals surface area contributed by atoms with E-state index in [9.17, 15) is 19.1 Å². The zero-order valence-corrected chi connectivity index (χ0v) is 19.1. The van der Waals surface area contributed by atoms with E-state index in [1.54, 1.807) is 30.3 Å². The maximum absolute atomic E-state index is 14.2. The van der Waals surface area contributed by atoms with Crippen LogP contribution >= 0.6 is 0 Å². The molecular weight excluding hydrogens is 433 g/mol. The van der Waals surface area contributed by atoms with Crippen molar-refractivity contribution >= 4 is 11.7 Å². The average Bonchev–Trinajstić information content (AvgIpc) is 2.77. The monoisotopic (exact) mass is 463 g/mol. The maximum Gasteiger partial charge on any atom is 0.255 e. The third-order valence-corrected chi connectivity index (χ3v) is 8.49. The van der Waals surface area contributed by atoms with Crippen molar-refractivity contribution in [2.75, 3.05) is 0 Å². The smallest absolute Gasteiger partial charge is 0.255 e. The number of nitrogens with one attached hydrogen (secondary N) is 1. The lowest BCUT2D eigenvalue weighted by atomic mass is 9.52. The summed E-state index contributed by atoms with van der Waals surface area (Å²) in [4.78, 5) is 26.4. The fraction of sp³-hybridized carbons (Fsp3) is 0.500. The van der Waals surface area contributed by atoms with Gasteiger partial charge in [-0.05, 0) is 99.5 Å². The van der Waals surface area contributed by atoms with E-state index in [0.717, 1.165) is 51.4 Å². The van der Waals surface area contributed by atoms with Crippen molar-refractivity contribution < 1.29 is 23.8 Å². The molecule has 2 aromatic carbocycles. The second-order valence-electron chi connectivity index (χ2n) is 10.9. The fourth-order valence-corrected chi connectivity index (χ4v) is 6.86. The molecule has 7 rings (SSSR count). The number of ether oxygens (including phenoxy) is 1. The lowest BCUT2D eigenvalue weighted by Crippen LogP contribution is -2.61. The summed E-state index contributed by atoms with van der Waals surface area (Å²) in [6, 6.07) is 10.8. The predicted octanol–water partition coefficient (Wildman–Crippen LogP) is 4.66. The number of hydrogen-bond acceptors (Lipinski definition) is 4. The number of carbonyl (C=O) groups excluding carboxylic acids is 2. The van der Waals surface area contributed by atoms with Gasteiger partial charge in [0.2, 0.25) is 0 Å². The number of hydrogen-bond donors (Lipinski definition) is 2. The average molecular weight is 464 g/mol. The largest absolute Gasteiger partial charge is 0.490 e. The second kappa shape index (κ2) is 8.19. The quantitative estimate of drug-likeness (QED) is 0.611. The number of ketones is 1. The molecule has 5 fully saturated rings. The number of rotatable bonds is 6. The Balaban J connectivity index is 1.26. The molecule has 1 amide bonds. The molecule has 0 spiro atoms. The Bertz CT molecular complexity index is 1130. The minimum atomic E-state index is -0.570. The first-order valence-electron chi connectivity index (χ1n) is 12.5. The van der Waals surface area contributed by atoms with Crippen LogP contribution in [0.1, 0.15) is 77.6 Å². The molecule has 5 aliphatic rings. The fourth-order valence-electron chi connectivity index (χ4n) is 6.86. The van der Waals surface area contributed by atoms with Crippen molar-refractivity contribution in [1.29, 1.82) is 0 Å². The van der Waals surface area contributed by atoms with E-state index in [-0.39, 0.29) is 23.6 Å². The van der Waals surface area contributed by atoms with Crippen molar-refractivity contribution in [3.63, 3.8) is 0 Å². The Labute approximate surface area is 198 Å². The highest BCUT2D eigenvalue weighted by atomic mass is 19.1. The molecule has 2 aromatic rings. The van der Waals surface area contributed by atoms with E-state index < -0.39 is 17.2 Å². The normalized spacial score (nSPS) is 31.7. The summed E-state index contributed by atoms with van der Waals surface area (Å²) in [6.45, 7) is 0. The number of carbonyl (C=O) groups is 2. The molecule has 0 aliphatic heterocycles. The van der Waals surface area contributed by atoms with Crippen LogP contribution in [0.25, 0.3) is 0 Å². The summed E-state index contributed by atoms with van der Waals surface area (Å²) in [5.41, 5.74) is 0.156. The van der Waals surface area contributed by atoms with Crippen molar-refractivity contribution in [3.8, 4) is 5.75 Å². The van der Waals surface area contributed by atoms with Gasteiger partial charge in [0, 0.05) is 11.6 Å². The van der Waals surface area contributed by atoms with Crippen LogP contribution in [0, 0.1) is 23.6 Å². The number of aliphatic hydroxyl groups is 1. The van der Waals surface area contributed by atoms with E-state index in [2.05, 4.69) is 5.32 Å². The summed E-state index contributed by atoms with van der Waals surface area (Å²) >= 11 is 0. The summed E-state index contributed by atoms with van der Waals surface area (Å²) < 4.78 is 20.3. The molecule has 0 saturated heterocycles. The number of halogens is 1. The molecule has 2 unspecified atom stereocenters. The van der Waals surface area contributed by atoms with Crippen LogP contribution in [0.2, 0.25) is 0 Å². The Kier molecular flexibility index (Phi) is 5.25. The van der Waals surface area contributed by atoms with Crippen molar-refractivity contribution in [2.24, 2.45) is 17.8 Å². The highest BCUT2D eigenvalue weighted by Crippen LogP contribution is 2.55. The van der Waals surface area contributed by atoms with Gasteiger partial charge in [0.15, 0.2) is 5.78 Å². The molecule has 2 N–H and O–H groups in total. The summed E-state index contributed by atoms with van der Waals surface area (Å²) in [5, 5.41) is 14.1. The third-order valence-electron chi connectivity index (χ3n) is 8.49. The molecule has 0 radical (unpaired) electrons. The molecule has 4 bridgehead atoms. The van der Waals surface area contributed by atoms with Gasteiger partial charge in [-0.2, -0.15) is 0 Å². The molecule has 34 heavy (non-hydrogen) atoms. The molecule has 0 heterocycles. The molecule has 2 atom stereocenters. The minimum absolute atomic E-state index is 0.000763. The Morgan fingerprint density at radius 1 is 1.00 bits per heavy atom. The summed E-state index contributed by atoms with van der Waals surface area (Å²) in [5.74, 6) is 0.348. The van der Waals surface area contributed by atoms with Crippen LogP contribution in [0.5, 0.6) is 5.75 Å². The van der Waals surface area contributed by atoms with Crippen LogP contribution in [0.3, 0.4) is 0 Å². The van der Waals surface area contributed by atoms with Crippen LogP contribution in [0.15, 0.2) is 42.5 Å². The van der Waals surface area contributed by atoms with Gasteiger partial charge in [0.05, 0.1) is 22.8 Å². The maximum atomic E-state index is 14.2. The van der Waals surface area contributed by atoms with Crippen molar-refractivity contribution in [1.82, 2.24) is 5.32 Å². The lowest BCUT2D eigenvalue weighted by Gasteiger charge is -2.58. The van der Waals surface area contributed by atoms with Gasteiger partial charge in [-0.1, -0.05) is 12.1 Å².